The number of aliphatic hydroxyl groups is 1. The third-order valence-corrected chi connectivity index (χ3v) is 7.81. The highest BCUT2D eigenvalue weighted by Gasteiger charge is 2.58. The summed E-state index contributed by atoms with van der Waals surface area (Å²) in [5.41, 5.74) is 1.91. The molecule has 0 heterocycles. The lowest BCUT2D eigenvalue weighted by Gasteiger charge is -2.60. The van der Waals surface area contributed by atoms with Crippen molar-refractivity contribution in [1.82, 2.24) is 0 Å². The molecule has 0 radical (unpaired) electrons. The number of aliphatic carboxylic acids is 1. The molecule has 32 heavy (non-hydrogen) atoms. The maximum Gasteiger partial charge on any atom is 0.338 e. The van der Waals surface area contributed by atoms with Gasteiger partial charge in [0.15, 0.2) is 0 Å². The Hall–Kier alpha value is -2.40. The average molecular weight is 441 g/mol. The predicted octanol–water partition coefficient (Wildman–Crippen LogP) is 5.40. The van der Waals surface area contributed by atoms with Crippen molar-refractivity contribution < 1.29 is 24.5 Å². The van der Waals surface area contributed by atoms with Gasteiger partial charge in [-0.05, 0) is 68.4 Å². The number of esters is 1. The van der Waals surface area contributed by atoms with E-state index in [9.17, 15) is 14.7 Å². The summed E-state index contributed by atoms with van der Waals surface area (Å²) < 4.78 is 5.77. The summed E-state index contributed by atoms with van der Waals surface area (Å²) in [6.45, 7) is 10.8. The highest BCUT2D eigenvalue weighted by atomic mass is 16.5. The summed E-state index contributed by atoms with van der Waals surface area (Å²) in [7, 11) is 0. The van der Waals surface area contributed by atoms with Gasteiger partial charge >= 0.3 is 11.9 Å². The molecule has 2 aliphatic rings. The molecule has 0 bridgehead atoms. The summed E-state index contributed by atoms with van der Waals surface area (Å²) in [6, 6.07) is 9.00. The van der Waals surface area contributed by atoms with Gasteiger partial charge in [0.05, 0.1) is 18.3 Å². The maximum atomic E-state index is 12.6. The first-order valence-corrected chi connectivity index (χ1v) is 11.5. The number of carbonyl (C=O) groups is 2. The maximum absolute atomic E-state index is 12.6. The Kier molecular flexibility index (Phi) is 7.29. The Morgan fingerprint density at radius 3 is 2.56 bits per heavy atom. The van der Waals surface area contributed by atoms with Crippen LogP contribution in [0, 0.1) is 22.7 Å². The zero-order chi connectivity index (χ0) is 23.5. The minimum absolute atomic E-state index is 0.0217. The molecule has 0 amide bonds. The number of carboxylic acid groups (broad SMARTS) is 1. The minimum Gasteiger partial charge on any atom is -0.478 e. The molecule has 3 rings (SSSR count). The molecule has 2 saturated carbocycles. The Morgan fingerprint density at radius 1 is 1.22 bits per heavy atom. The molecular weight excluding hydrogens is 404 g/mol. The van der Waals surface area contributed by atoms with E-state index in [4.69, 9.17) is 9.84 Å². The van der Waals surface area contributed by atoms with Crippen LogP contribution in [-0.4, -0.2) is 34.9 Å². The Bertz CT molecular complexity index is 889. The second kappa shape index (κ2) is 9.62. The van der Waals surface area contributed by atoms with Crippen molar-refractivity contribution in [2.45, 2.75) is 65.4 Å². The molecule has 5 atom stereocenters. The lowest BCUT2D eigenvalue weighted by molar-refractivity contribution is -0.143. The lowest BCUT2D eigenvalue weighted by Crippen LogP contribution is -2.57. The fourth-order valence-electron chi connectivity index (χ4n) is 6.51. The van der Waals surface area contributed by atoms with Crippen molar-refractivity contribution in [3.8, 4) is 0 Å². The Labute approximate surface area is 191 Å². The van der Waals surface area contributed by atoms with Gasteiger partial charge in [-0.2, -0.15) is 0 Å². The fraction of sp³-hybridized carbons (Fsp3) is 0.556. The SMILES string of the molecule is C=C1CC(O)C2C(C)(COC(=O)c3ccccc3)CCCC2(C)C1CCC(C)=CC(=O)O. The van der Waals surface area contributed by atoms with Gasteiger partial charge in [0.25, 0.3) is 0 Å². The van der Waals surface area contributed by atoms with E-state index in [-0.39, 0.29) is 35.2 Å². The molecule has 0 aliphatic heterocycles. The molecule has 5 heteroatoms. The molecule has 174 valence electrons. The third-order valence-electron chi connectivity index (χ3n) is 7.81. The number of carbonyl (C=O) groups excluding carboxylic acids is 1. The number of aliphatic hydroxyl groups excluding tert-OH is 1. The molecule has 0 aromatic heterocycles. The zero-order valence-corrected chi connectivity index (χ0v) is 19.5. The topological polar surface area (TPSA) is 83.8 Å². The summed E-state index contributed by atoms with van der Waals surface area (Å²) in [5, 5.41) is 20.2. The highest BCUT2D eigenvalue weighted by Crippen LogP contribution is 2.62. The molecule has 0 spiro atoms. The van der Waals surface area contributed by atoms with Crippen LogP contribution in [0.5, 0.6) is 0 Å². The van der Waals surface area contributed by atoms with E-state index in [0.717, 1.165) is 36.8 Å². The highest BCUT2D eigenvalue weighted by molar-refractivity contribution is 5.89. The predicted molar refractivity (Wildman–Crippen MR) is 124 cm³/mol. The number of hydrogen-bond acceptors (Lipinski definition) is 4. The lowest BCUT2D eigenvalue weighted by atomic mass is 9.46. The van der Waals surface area contributed by atoms with Crippen molar-refractivity contribution in [2.24, 2.45) is 22.7 Å². The number of ether oxygens (including phenoxy) is 1. The first kappa shape index (κ1) is 24.2. The molecule has 5 nitrogen and oxygen atoms in total. The van der Waals surface area contributed by atoms with Gasteiger partial charge in [-0.1, -0.05) is 56.2 Å². The van der Waals surface area contributed by atoms with Crippen LogP contribution in [-0.2, 0) is 9.53 Å². The molecule has 2 fully saturated rings. The normalized spacial score (nSPS) is 32.8. The van der Waals surface area contributed by atoms with Crippen LogP contribution in [0.4, 0.5) is 0 Å². The number of carboxylic acids is 1. The van der Waals surface area contributed by atoms with Gasteiger partial charge in [0.1, 0.15) is 0 Å². The second-order valence-electron chi connectivity index (χ2n) is 10.3. The smallest absolute Gasteiger partial charge is 0.338 e. The molecule has 2 aliphatic carbocycles. The van der Waals surface area contributed by atoms with Gasteiger partial charge in [-0.25, -0.2) is 9.59 Å². The van der Waals surface area contributed by atoms with Crippen LogP contribution < -0.4 is 0 Å². The van der Waals surface area contributed by atoms with E-state index in [1.54, 1.807) is 12.1 Å². The van der Waals surface area contributed by atoms with Crippen molar-refractivity contribution in [2.75, 3.05) is 6.61 Å². The number of hydrogen-bond donors (Lipinski definition) is 2. The van der Waals surface area contributed by atoms with E-state index in [1.165, 1.54) is 6.08 Å². The van der Waals surface area contributed by atoms with E-state index >= 15 is 0 Å². The molecular formula is C27H36O5. The Balaban J connectivity index is 1.80. The molecule has 1 aromatic carbocycles. The van der Waals surface area contributed by atoms with E-state index in [2.05, 4.69) is 20.4 Å². The number of benzene rings is 1. The van der Waals surface area contributed by atoms with Crippen LogP contribution in [0.25, 0.3) is 0 Å². The number of fused-ring (bicyclic) bond motifs is 1. The van der Waals surface area contributed by atoms with Gasteiger partial charge in [0.2, 0.25) is 0 Å². The number of rotatable bonds is 7. The molecule has 2 N–H and O–H groups in total. The standard InChI is InChI=1S/C27H36O5/c1-18(15-23(29)30)11-12-21-19(2)16-22(28)24-26(3,13-8-14-27(21,24)4)17-32-25(31)20-9-6-5-7-10-20/h5-7,9-10,15,21-22,24,28H,2,8,11-14,16-17H2,1,3-4H3,(H,29,30). The van der Waals surface area contributed by atoms with Crippen molar-refractivity contribution in [3.63, 3.8) is 0 Å². The Morgan fingerprint density at radius 2 is 1.91 bits per heavy atom. The van der Waals surface area contributed by atoms with Gasteiger partial charge in [-0.3, -0.25) is 0 Å². The van der Waals surface area contributed by atoms with Crippen LogP contribution in [0.3, 0.4) is 0 Å². The van der Waals surface area contributed by atoms with E-state index < -0.39 is 12.1 Å². The van der Waals surface area contributed by atoms with E-state index in [1.807, 2.05) is 25.1 Å². The van der Waals surface area contributed by atoms with Crippen molar-refractivity contribution in [3.05, 3.63) is 59.7 Å². The zero-order valence-electron chi connectivity index (χ0n) is 19.5. The first-order chi connectivity index (χ1) is 15.1. The molecule has 0 saturated heterocycles. The number of allylic oxidation sites excluding steroid dienone is 1. The van der Waals surface area contributed by atoms with Crippen molar-refractivity contribution in [1.29, 1.82) is 0 Å². The fourth-order valence-corrected chi connectivity index (χ4v) is 6.51. The largest absolute Gasteiger partial charge is 0.478 e. The van der Waals surface area contributed by atoms with E-state index in [0.29, 0.717) is 18.4 Å². The molecule has 5 unspecified atom stereocenters. The minimum atomic E-state index is -0.921. The van der Waals surface area contributed by atoms with Gasteiger partial charge in [-0.15, -0.1) is 0 Å². The summed E-state index contributed by atoms with van der Waals surface area (Å²) >= 11 is 0. The van der Waals surface area contributed by atoms with Crippen molar-refractivity contribution >= 4 is 11.9 Å². The summed E-state index contributed by atoms with van der Waals surface area (Å²) in [5.74, 6) is -1.08. The monoisotopic (exact) mass is 440 g/mol. The second-order valence-corrected chi connectivity index (χ2v) is 10.3. The van der Waals surface area contributed by atoms with Crippen LogP contribution in [0.15, 0.2) is 54.1 Å². The quantitative estimate of drug-likeness (QED) is 0.337. The van der Waals surface area contributed by atoms with Crippen LogP contribution >= 0.6 is 0 Å². The third kappa shape index (κ3) is 4.98. The van der Waals surface area contributed by atoms with Gasteiger partial charge in [0, 0.05) is 11.5 Å². The first-order valence-electron chi connectivity index (χ1n) is 11.5. The summed E-state index contributed by atoms with van der Waals surface area (Å²) in [6.07, 6.45) is 5.64. The average Bonchev–Trinajstić information content (AvgIpc) is 2.71. The van der Waals surface area contributed by atoms with Crippen LogP contribution in [0.2, 0.25) is 0 Å². The summed E-state index contributed by atoms with van der Waals surface area (Å²) in [4.78, 5) is 23.6. The van der Waals surface area contributed by atoms with Gasteiger partial charge < -0.3 is 14.9 Å². The van der Waals surface area contributed by atoms with Crippen LogP contribution in [0.1, 0.15) is 69.7 Å². The molecule has 1 aromatic rings.